The van der Waals surface area contributed by atoms with Gasteiger partial charge in [0, 0.05) is 16.6 Å². The molecule has 2 nitrogen and oxygen atoms in total. The summed E-state index contributed by atoms with van der Waals surface area (Å²) in [6, 6.07) is 8.03. The number of halogens is 1. The maximum atomic E-state index is 6.02. The first-order valence-corrected chi connectivity index (χ1v) is 7.37. The molecule has 102 valence electrons. The highest BCUT2D eigenvalue weighted by Gasteiger charge is 2.14. The smallest absolute Gasteiger partial charge is 0.119 e. The fourth-order valence-corrected chi connectivity index (χ4v) is 1.91. The van der Waals surface area contributed by atoms with Gasteiger partial charge in [-0.2, -0.15) is 0 Å². The van der Waals surface area contributed by atoms with Gasteiger partial charge in [-0.25, -0.2) is 0 Å². The number of ether oxygens (including phenoxy) is 1. The van der Waals surface area contributed by atoms with Gasteiger partial charge in [0.2, 0.25) is 0 Å². The van der Waals surface area contributed by atoms with Gasteiger partial charge in [0.25, 0.3) is 0 Å². The molecule has 0 aromatic heterocycles. The minimum absolute atomic E-state index is 0.134. The van der Waals surface area contributed by atoms with Gasteiger partial charge in [-0.05, 0) is 51.5 Å². The van der Waals surface area contributed by atoms with Crippen LogP contribution in [0.15, 0.2) is 28.7 Å². The van der Waals surface area contributed by atoms with E-state index in [-0.39, 0.29) is 11.6 Å². The maximum absolute atomic E-state index is 6.02. The highest BCUT2D eigenvalue weighted by atomic mass is 79.9. The molecule has 0 fully saturated rings. The molecule has 1 rings (SSSR count). The largest absolute Gasteiger partial charge is 0.489 e. The molecule has 18 heavy (non-hydrogen) atoms. The molecule has 1 N–H and O–H groups in total. The van der Waals surface area contributed by atoms with Crippen molar-refractivity contribution in [1.82, 2.24) is 5.32 Å². The van der Waals surface area contributed by atoms with Gasteiger partial charge < -0.3 is 10.1 Å². The number of nitrogens with one attached hydrogen (secondary N) is 1. The zero-order valence-electron chi connectivity index (χ0n) is 11.8. The third kappa shape index (κ3) is 6.41. The molecule has 1 unspecified atom stereocenters. The van der Waals surface area contributed by atoms with Crippen molar-refractivity contribution in [3.8, 4) is 5.75 Å². The van der Waals surface area contributed by atoms with Crippen LogP contribution in [0.4, 0.5) is 0 Å². The molecule has 1 aromatic carbocycles. The number of rotatable bonds is 6. The first-order chi connectivity index (χ1) is 8.40. The molecule has 0 bridgehead atoms. The van der Waals surface area contributed by atoms with Crippen molar-refractivity contribution >= 4 is 15.9 Å². The second-order valence-corrected chi connectivity index (χ2v) is 6.53. The van der Waals surface area contributed by atoms with Gasteiger partial charge in [-0.1, -0.05) is 29.3 Å². The normalized spacial score (nSPS) is 13.4. The number of hydrogen-bond donors (Lipinski definition) is 1. The third-order valence-corrected chi connectivity index (χ3v) is 3.12. The lowest BCUT2D eigenvalue weighted by Gasteiger charge is -2.26. The summed E-state index contributed by atoms with van der Waals surface area (Å²) in [6.45, 7) is 9.60. The molecule has 0 spiro atoms. The molecule has 1 atom stereocenters. The predicted molar refractivity (Wildman–Crippen MR) is 81.2 cm³/mol. The number of hydrogen-bond acceptors (Lipinski definition) is 2. The van der Waals surface area contributed by atoms with Crippen molar-refractivity contribution < 1.29 is 4.74 Å². The summed E-state index contributed by atoms with van der Waals surface area (Å²) in [4.78, 5) is 0. The van der Waals surface area contributed by atoms with Crippen molar-refractivity contribution in [2.75, 3.05) is 6.54 Å². The molecular weight excluding hydrogens is 290 g/mol. The van der Waals surface area contributed by atoms with Crippen molar-refractivity contribution in [2.24, 2.45) is 0 Å². The van der Waals surface area contributed by atoms with E-state index >= 15 is 0 Å². The van der Waals surface area contributed by atoms with Crippen molar-refractivity contribution in [3.63, 3.8) is 0 Å². The zero-order chi connectivity index (χ0) is 13.6. The first kappa shape index (κ1) is 15.5. The third-order valence-electron chi connectivity index (χ3n) is 2.59. The Morgan fingerprint density at radius 3 is 2.33 bits per heavy atom. The summed E-state index contributed by atoms with van der Waals surface area (Å²) >= 11 is 3.43. The first-order valence-electron chi connectivity index (χ1n) is 6.58. The topological polar surface area (TPSA) is 21.3 Å². The van der Waals surface area contributed by atoms with E-state index in [1.165, 1.54) is 0 Å². The second-order valence-electron chi connectivity index (χ2n) is 5.61. The van der Waals surface area contributed by atoms with Crippen LogP contribution in [0.5, 0.6) is 5.75 Å². The molecule has 0 saturated heterocycles. The van der Waals surface area contributed by atoms with Gasteiger partial charge in [0.1, 0.15) is 11.9 Å². The van der Waals surface area contributed by atoms with Crippen LogP contribution in [0.1, 0.15) is 40.5 Å². The Bertz CT molecular complexity index is 343. The fraction of sp³-hybridized carbons (Fsp3) is 0.600. The Balaban J connectivity index is 2.54. The Hall–Kier alpha value is -0.540. The lowest BCUT2D eigenvalue weighted by molar-refractivity contribution is 0.175. The standard InChI is InChI=1S/C15H24BrNO/c1-5-6-14(11-17-15(2,3)4)18-13-9-7-12(16)8-10-13/h7-10,14,17H,5-6,11H2,1-4H3. The fourth-order valence-electron chi connectivity index (χ4n) is 1.65. The summed E-state index contributed by atoms with van der Waals surface area (Å²) in [5.74, 6) is 0.937. The van der Waals surface area contributed by atoms with E-state index in [1.54, 1.807) is 0 Å². The van der Waals surface area contributed by atoms with E-state index in [0.717, 1.165) is 29.6 Å². The lowest BCUT2D eigenvalue weighted by Crippen LogP contribution is -2.42. The van der Waals surface area contributed by atoms with E-state index in [4.69, 9.17) is 4.74 Å². The van der Waals surface area contributed by atoms with Crippen LogP contribution in [0.3, 0.4) is 0 Å². The van der Waals surface area contributed by atoms with Gasteiger partial charge in [-0.3, -0.25) is 0 Å². The van der Waals surface area contributed by atoms with Gasteiger partial charge >= 0.3 is 0 Å². The highest BCUT2D eigenvalue weighted by molar-refractivity contribution is 9.10. The van der Waals surface area contributed by atoms with Crippen molar-refractivity contribution in [3.05, 3.63) is 28.7 Å². The van der Waals surface area contributed by atoms with Crippen LogP contribution in [-0.4, -0.2) is 18.2 Å². The van der Waals surface area contributed by atoms with Gasteiger partial charge in [0.15, 0.2) is 0 Å². The number of benzene rings is 1. The molecule has 0 heterocycles. The van der Waals surface area contributed by atoms with Crippen molar-refractivity contribution in [2.45, 2.75) is 52.2 Å². The molecule has 0 radical (unpaired) electrons. The minimum atomic E-state index is 0.134. The average molecular weight is 314 g/mol. The average Bonchev–Trinajstić information content (AvgIpc) is 2.28. The van der Waals surface area contributed by atoms with Crippen molar-refractivity contribution in [1.29, 1.82) is 0 Å². The summed E-state index contributed by atoms with van der Waals surface area (Å²) in [5, 5.41) is 3.50. The summed E-state index contributed by atoms with van der Waals surface area (Å²) in [5.41, 5.74) is 0.134. The van der Waals surface area contributed by atoms with Crippen LogP contribution < -0.4 is 10.1 Å². The Labute approximate surface area is 119 Å². The molecule has 0 saturated carbocycles. The second kappa shape index (κ2) is 7.15. The van der Waals surface area contributed by atoms with E-state index in [0.29, 0.717) is 0 Å². The van der Waals surface area contributed by atoms with Crippen LogP contribution in [-0.2, 0) is 0 Å². The zero-order valence-corrected chi connectivity index (χ0v) is 13.4. The van der Waals surface area contributed by atoms with E-state index in [2.05, 4.69) is 48.9 Å². The molecule has 0 aliphatic rings. The predicted octanol–water partition coefficient (Wildman–Crippen LogP) is 4.38. The SMILES string of the molecule is CCCC(CNC(C)(C)C)Oc1ccc(Br)cc1. The molecule has 1 aromatic rings. The Morgan fingerprint density at radius 2 is 1.83 bits per heavy atom. The van der Waals surface area contributed by atoms with Crippen LogP contribution in [0.2, 0.25) is 0 Å². The van der Waals surface area contributed by atoms with Crippen LogP contribution in [0, 0.1) is 0 Å². The van der Waals surface area contributed by atoms with E-state index < -0.39 is 0 Å². The summed E-state index contributed by atoms with van der Waals surface area (Å²) in [6.07, 6.45) is 2.43. The molecule has 3 heteroatoms. The Kier molecular flexibility index (Phi) is 6.16. The minimum Gasteiger partial charge on any atom is -0.489 e. The lowest BCUT2D eigenvalue weighted by atomic mass is 10.1. The van der Waals surface area contributed by atoms with E-state index in [1.807, 2.05) is 24.3 Å². The van der Waals surface area contributed by atoms with Gasteiger partial charge in [-0.15, -0.1) is 0 Å². The van der Waals surface area contributed by atoms with Crippen LogP contribution in [0.25, 0.3) is 0 Å². The molecule has 0 aliphatic carbocycles. The molecule has 0 aliphatic heterocycles. The Morgan fingerprint density at radius 1 is 1.22 bits per heavy atom. The quantitative estimate of drug-likeness (QED) is 0.841. The highest BCUT2D eigenvalue weighted by Crippen LogP contribution is 2.18. The summed E-state index contributed by atoms with van der Waals surface area (Å²) < 4.78 is 7.10. The molecular formula is C15H24BrNO. The van der Waals surface area contributed by atoms with Crippen LogP contribution >= 0.6 is 15.9 Å². The molecule has 0 amide bonds. The van der Waals surface area contributed by atoms with E-state index in [9.17, 15) is 0 Å². The van der Waals surface area contributed by atoms with Gasteiger partial charge in [0.05, 0.1) is 0 Å². The summed E-state index contributed by atoms with van der Waals surface area (Å²) in [7, 11) is 0. The monoisotopic (exact) mass is 313 g/mol. The maximum Gasteiger partial charge on any atom is 0.119 e.